The van der Waals surface area contributed by atoms with E-state index in [1.165, 1.54) is 0 Å². The van der Waals surface area contributed by atoms with Crippen LogP contribution < -0.4 is 0 Å². The van der Waals surface area contributed by atoms with Gasteiger partial charge in [0.1, 0.15) is 0 Å². The van der Waals surface area contributed by atoms with Crippen LogP contribution in [0.2, 0.25) is 0 Å². The summed E-state index contributed by atoms with van der Waals surface area (Å²) in [5, 5.41) is 9.87. The number of alkyl halides is 1. The number of rotatable bonds is 2. The quantitative estimate of drug-likeness (QED) is 0.836. The lowest BCUT2D eigenvalue weighted by atomic mass is 9.93. The van der Waals surface area contributed by atoms with Crippen molar-refractivity contribution in [3.8, 4) is 0 Å². The minimum absolute atomic E-state index is 0.0254. The maximum Gasteiger partial charge on any atom is 0.253 e. The van der Waals surface area contributed by atoms with Gasteiger partial charge in [-0.15, -0.1) is 11.6 Å². The van der Waals surface area contributed by atoms with Gasteiger partial charge in [0.2, 0.25) is 0 Å². The first kappa shape index (κ1) is 13.4. The molecule has 0 atom stereocenters. The summed E-state index contributed by atoms with van der Waals surface area (Å²) in [6.07, 6.45) is 1.27. The van der Waals surface area contributed by atoms with Crippen molar-refractivity contribution in [1.29, 1.82) is 0 Å². The summed E-state index contributed by atoms with van der Waals surface area (Å²) in [6, 6.07) is 7.41. The largest absolute Gasteiger partial charge is 0.390 e. The number of halogens is 1. The molecule has 1 fully saturated rings. The second kappa shape index (κ2) is 5.29. The summed E-state index contributed by atoms with van der Waals surface area (Å²) in [4.78, 5) is 14.1. The van der Waals surface area contributed by atoms with E-state index in [1.54, 1.807) is 4.90 Å². The van der Waals surface area contributed by atoms with Crippen molar-refractivity contribution in [2.45, 2.75) is 31.2 Å². The molecule has 1 saturated heterocycles. The highest BCUT2D eigenvalue weighted by Crippen LogP contribution is 2.22. The van der Waals surface area contributed by atoms with Crippen molar-refractivity contribution < 1.29 is 9.90 Å². The molecule has 0 bridgehead atoms. The highest BCUT2D eigenvalue weighted by Gasteiger charge is 2.29. The van der Waals surface area contributed by atoms with Crippen LogP contribution in [0.15, 0.2) is 24.3 Å². The van der Waals surface area contributed by atoms with Crippen LogP contribution >= 0.6 is 11.6 Å². The van der Waals surface area contributed by atoms with Crippen LogP contribution in [0.5, 0.6) is 0 Å². The van der Waals surface area contributed by atoms with Crippen LogP contribution in [0.1, 0.15) is 35.7 Å². The molecule has 1 aromatic rings. The van der Waals surface area contributed by atoms with Crippen LogP contribution in [0, 0.1) is 0 Å². The summed E-state index contributed by atoms with van der Waals surface area (Å²) in [7, 11) is 0. The lowest BCUT2D eigenvalue weighted by Gasteiger charge is -2.35. The Morgan fingerprint density at radius 2 is 2.11 bits per heavy atom. The van der Waals surface area contributed by atoms with Gasteiger partial charge in [0.15, 0.2) is 0 Å². The molecule has 18 heavy (non-hydrogen) atoms. The molecule has 1 N–H and O–H groups in total. The van der Waals surface area contributed by atoms with Crippen molar-refractivity contribution in [3.05, 3.63) is 35.4 Å². The second-order valence-corrected chi connectivity index (χ2v) is 5.39. The van der Waals surface area contributed by atoms with E-state index in [0.29, 0.717) is 37.4 Å². The maximum atomic E-state index is 12.3. The molecule has 0 spiro atoms. The van der Waals surface area contributed by atoms with Crippen LogP contribution in [-0.2, 0) is 5.88 Å². The first-order valence-corrected chi connectivity index (χ1v) is 6.72. The Morgan fingerprint density at radius 3 is 2.72 bits per heavy atom. The standard InChI is InChI=1S/C14H18ClNO2/c1-14(18)5-7-16(8-6-14)13(17)12-4-2-3-11(9-12)10-15/h2-4,9,18H,5-8,10H2,1H3. The van der Waals surface area contributed by atoms with Crippen LogP contribution in [-0.4, -0.2) is 34.6 Å². The average molecular weight is 268 g/mol. The number of piperidine rings is 1. The van der Waals surface area contributed by atoms with E-state index in [-0.39, 0.29) is 5.91 Å². The lowest BCUT2D eigenvalue weighted by molar-refractivity contribution is -0.00202. The van der Waals surface area contributed by atoms with E-state index in [9.17, 15) is 9.90 Å². The second-order valence-electron chi connectivity index (χ2n) is 5.12. The number of nitrogens with zero attached hydrogens (tertiary/aromatic N) is 1. The van der Waals surface area contributed by atoms with E-state index < -0.39 is 5.60 Å². The zero-order chi connectivity index (χ0) is 13.2. The Labute approximate surface area is 112 Å². The summed E-state index contributed by atoms with van der Waals surface area (Å²) < 4.78 is 0. The normalized spacial score (nSPS) is 18.7. The number of carbonyl (C=O) groups excluding carboxylic acids is 1. The molecule has 4 heteroatoms. The highest BCUT2D eigenvalue weighted by molar-refractivity contribution is 6.17. The fraction of sp³-hybridized carbons (Fsp3) is 0.500. The number of aliphatic hydroxyl groups is 1. The number of hydrogen-bond acceptors (Lipinski definition) is 2. The molecule has 0 aliphatic carbocycles. The first-order valence-electron chi connectivity index (χ1n) is 6.18. The molecular weight excluding hydrogens is 250 g/mol. The number of benzene rings is 1. The molecule has 3 nitrogen and oxygen atoms in total. The van der Waals surface area contributed by atoms with Gasteiger partial charge in [-0.25, -0.2) is 0 Å². The van der Waals surface area contributed by atoms with Crippen molar-refractivity contribution >= 4 is 17.5 Å². The molecule has 0 unspecified atom stereocenters. The predicted octanol–water partition coefficient (Wildman–Crippen LogP) is 2.41. The van der Waals surface area contributed by atoms with Gasteiger partial charge in [-0.1, -0.05) is 12.1 Å². The SMILES string of the molecule is CC1(O)CCN(C(=O)c2cccc(CCl)c2)CC1. The average Bonchev–Trinajstić information content (AvgIpc) is 2.38. The fourth-order valence-electron chi connectivity index (χ4n) is 2.16. The van der Waals surface area contributed by atoms with Crippen molar-refractivity contribution in [2.24, 2.45) is 0 Å². The lowest BCUT2D eigenvalue weighted by Crippen LogP contribution is -2.45. The van der Waals surface area contributed by atoms with E-state index in [0.717, 1.165) is 5.56 Å². The number of amides is 1. The zero-order valence-electron chi connectivity index (χ0n) is 10.5. The van der Waals surface area contributed by atoms with Gasteiger partial charge in [0, 0.05) is 24.5 Å². The summed E-state index contributed by atoms with van der Waals surface area (Å²) in [5.74, 6) is 0.438. The third-order valence-corrected chi connectivity index (χ3v) is 3.76. The van der Waals surface area contributed by atoms with Gasteiger partial charge in [0.25, 0.3) is 5.91 Å². The molecule has 0 aromatic heterocycles. The number of likely N-dealkylation sites (tertiary alicyclic amines) is 1. The first-order chi connectivity index (χ1) is 8.52. The molecule has 0 radical (unpaired) electrons. The molecule has 1 amide bonds. The van der Waals surface area contributed by atoms with Gasteiger partial charge in [-0.2, -0.15) is 0 Å². The summed E-state index contributed by atoms with van der Waals surface area (Å²) >= 11 is 5.77. The maximum absolute atomic E-state index is 12.3. The van der Waals surface area contributed by atoms with Crippen LogP contribution in [0.3, 0.4) is 0 Å². The topological polar surface area (TPSA) is 40.5 Å². The molecular formula is C14H18ClNO2. The van der Waals surface area contributed by atoms with Crippen LogP contribution in [0.4, 0.5) is 0 Å². The smallest absolute Gasteiger partial charge is 0.253 e. The van der Waals surface area contributed by atoms with E-state index >= 15 is 0 Å². The fourth-order valence-corrected chi connectivity index (χ4v) is 2.33. The van der Waals surface area contributed by atoms with E-state index in [1.807, 2.05) is 31.2 Å². The van der Waals surface area contributed by atoms with Gasteiger partial charge >= 0.3 is 0 Å². The Morgan fingerprint density at radius 1 is 1.44 bits per heavy atom. The molecule has 1 aromatic carbocycles. The third-order valence-electron chi connectivity index (χ3n) is 3.46. The molecule has 1 aliphatic rings. The minimum Gasteiger partial charge on any atom is -0.390 e. The summed E-state index contributed by atoms with van der Waals surface area (Å²) in [6.45, 7) is 3.04. The minimum atomic E-state index is -0.630. The van der Waals surface area contributed by atoms with Crippen molar-refractivity contribution in [1.82, 2.24) is 4.90 Å². The van der Waals surface area contributed by atoms with Gasteiger partial charge < -0.3 is 10.0 Å². The van der Waals surface area contributed by atoms with Gasteiger partial charge in [0.05, 0.1) is 5.60 Å². The molecule has 1 aliphatic heterocycles. The molecule has 2 rings (SSSR count). The molecule has 98 valence electrons. The highest BCUT2D eigenvalue weighted by atomic mass is 35.5. The Bertz CT molecular complexity index is 435. The van der Waals surface area contributed by atoms with E-state index in [2.05, 4.69) is 0 Å². The molecule has 1 heterocycles. The van der Waals surface area contributed by atoms with Crippen molar-refractivity contribution in [3.63, 3.8) is 0 Å². The third kappa shape index (κ3) is 3.03. The molecule has 0 saturated carbocycles. The van der Waals surface area contributed by atoms with E-state index in [4.69, 9.17) is 11.6 Å². The summed E-state index contributed by atoms with van der Waals surface area (Å²) in [5.41, 5.74) is 0.996. The Hall–Kier alpha value is -1.06. The zero-order valence-corrected chi connectivity index (χ0v) is 11.3. The number of hydrogen-bond donors (Lipinski definition) is 1. The Balaban J connectivity index is 2.07. The van der Waals surface area contributed by atoms with Crippen molar-refractivity contribution in [2.75, 3.05) is 13.1 Å². The predicted molar refractivity (Wildman–Crippen MR) is 71.8 cm³/mol. The van der Waals surface area contributed by atoms with Gasteiger partial charge in [-0.05, 0) is 37.5 Å². The van der Waals surface area contributed by atoms with Gasteiger partial charge in [-0.3, -0.25) is 4.79 Å². The van der Waals surface area contributed by atoms with Crippen LogP contribution in [0.25, 0.3) is 0 Å². The Kier molecular flexibility index (Phi) is 3.93. The number of carbonyl (C=O) groups is 1. The monoisotopic (exact) mass is 267 g/mol.